The Bertz CT molecular complexity index is 428. The van der Waals surface area contributed by atoms with Gasteiger partial charge in [0.15, 0.2) is 11.4 Å². The van der Waals surface area contributed by atoms with Crippen LogP contribution in [0.1, 0.15) is 40.0 Å². The lowest BCUT2D eigenvalue weighted by atomic mass is 9.47. The van der Waals surface area contributed by atoms with Gasteiger partial charge in [-0.25, -0.2) is 9.78 Å². The molecule has 100 valence electrons. The van der Waals surface area contributed by atoms with Gasteiger partial charge in [-0.3, -0.25) is 4.79 Å². The summed E-state index contributed by atoms with van der Waals surface area (Å²) in [6, 6.07) is 0. The number of allylic oxidation sites excluding steroid dienone is 1. The van der Waals surface area contributed by atoms with Crippen molar-refractivity contribution in [3.05, 3.63) is 12.2 Å². The molecule has 1 N–H and O–H groups in total. The normalized spacial score (nSPS) is 49.9. The van der Waals surface area contributed by atoms with E-state index in [1.54, 1.807) is 6.08 Å². The maximum absolute atomic E-state index is 12.3. The molecule has 0 radical (unpaired) electrons. The van der Waals surface area contributed by atoms with E-state index in [2.05, 4.69) is 13.8 Å². The molecule has 4 nitrogen and oxygen atoms in total. The molecule has 0 amide bonds. The number of carbonyl (C=O) groups excluding carboxylic acids is 1. The van der Waals surface area contributed by atoms with Gasteiger partial charge in [-0.1, -0.05) is 19.9 Å². The van der Waals surface area contributed by atoms with Crippen LogP contribution < -0.4 is 0 Å². The van der Waals surface area contributed by atoms with Crippen LogP contribution in [0.2, 0.25) is 0 Å². The Balaban J connectivity index is 2.14. The standard InChI is InChI=1S/C14H20O4/c1-12(2)6-5-11(16)13(3)14(12)7-4-9(15)10(8-14)17-18-13/h5-6,9-10,15H,4,7-8H2,1-3H3/t9?,10-,13-,14-/m1/s1. The number of ketones is 1. The summed E-state index contributed by atoms with van der Waals surface area (Å²) in [5.74, 6) is -0.0309. The fraction of sp³-hybridized carbons (Fsp3) is 0.786. The van der Waals surface area contributed by atoms with E-state index in [9.17, 15) is 9.90 Å². The zero-order chi connectivity index (χ0) is 13.2. The summed E-state index contributed by atoms with van der Waals surface area (Å²) in [4.78, 5) is 23.0. The summed E-state index contributed by atoms with van der Waals surface area (Å²) in [6.07, 6.45) is 4.91. The number of rotatable bonds is 0. The van der Waals surface area contributed by atoms with Gasteiger partial charge in [-0.15, -0.1) is 0 Å². The molecular weight excluding hydrogens is 232 g/mol. The average molecular weight is 252 g/mol. The molecule has 2 aliphatic carbocycles. The fourth-order valence-electron chi connectivity index (χ4n) is 4.01. The van der Waals surface area contributed by atoms with E-state index in [1.165, 1.54) is 0 Å². The van der Waals surface area contributed by atoms with E-state index in [4.69, 9.17) is 9.78 Å². The molecule has 1 unspecified atom stereocenters. The third-order valence-electron chi connectivity index (χ3n) is 5.45. The van der Waals surface area contributed by atoms with Crippen LogP contribution >= 0.6 is 0 Å². The highest BCUT2D eigenvalue weighted by atomic mass is 17.2. The van der Waals surface area contributed by atoms with Crippen LogP contribution in [0.4, 0.5) is 0 Å². The Morgan fingerprint density at radius 2 is 2.11 bits per heavy atom. The van der Waals surface area contributed by atoms with E-state index in [0.717, 1.165) is 6.42 Å². The number of hydrogen-bond acceptors (Lipinski definition) is 4. The number of aliphatic hydroxyl groups excluding tert-OH is 1. The lowest BCUT2D eigenvalue weighted by Gasteiger charge is -2.62. The Labute approximate surface area is 107 Å². The molecule has 2 bridgehead atoms. The molecule has 4 atom stereocenters. The third kappa shape index (κ3) is 1.23. The molecule has 1 aliphatic heterocycles. The van der Waals surface area contributed by atoms with Crippen molar-refractivity contribution in [2.45, 2.75) is 57.8 Å². The predicted molar refractivity (Wildman–Crippen MR) is 64.6 cm³/mol. The molecule has 2 fully saturated rings. The minimum absolute atomic E-state index is 0.0309. The van der Waals surface area contributed by atoms with Crippen LogP contribution in [0.5, 0.6) is 0 Å². The molecular formula is C14H20O4. The largest absolute Gasteiger partial charge is 0.390 e. The van der Waals surface area contributed by atoms with Crippen LogP contribution in [0.25, 0.3) is 0 Å². The first kappa shape index (κ1) is 12.3. The van der Waals surface area contributed by atoms with Gasteiger partial charge in [0, 0.05) is 5.41 Å². The smallest absolute Gasteiger partial charge is 0.190 e. The predicted octanol–water partition coefficient (Wildman–Crippen LogP) is 1.77. The summed E-state index contributed by atoms with van der Waals surface area (Å²) >= 11 is 0. The van der Waals surface area contributed by atoms with E-state index < -0.39 is 11.7 Å². The van der Waals surface area contributed by atoms with Crippen LogP contribution in [0.15, 0.2) is 12.2 Å². The van der Waals surface area contributed by atoms with Crippen LogP contribution in [-0.2, 0) is 14.6 Å². The van der Waals surface area contributed by atoms with Gasteiger partial charge in [-0.2, -0.15) is 0 Å². The van der Waals surface area contributed by atoms with Gasteiger partial charge in [0.05, 0.1) is 6.10 Å². The zero-order valence-corrected chi connectivity index (χ0v) is 11.1. The lowest BCUT2D eigenvalue weighted by Crippen LogP contribution is -2.68. The highest BCUT2D eigenvalue weighted by molar-refractivity contribution is 5.99. The molecule has 0 aromatic rings. The van der Waals surface area contributed by atoms with Crippen LogP contribution in [0.3, 0.4) is 0 Å². The van der Waals surface area contributed by atoms with E-state index in [-0.39, 0.29) is 22.7 Å². The molecule has 1 saturated carbocycles. The first-order chi connectivity index (χ1) is 8.32. The Morgan fingerprint density at radius 1 is 1.39 bits per heavy atom. The maximum atomic E-state index is 12.3. The zero-order valence-electron chi connectivity index (χ0n) is 11.1. The van der Waals surface area contributed by atoms with Crippen molar-refractivity contribution in [2.75, 3.05) is 0 Å². The summed E-state index contributed by atoms with van der Waals surface area (Å²) in [5.41, 5.74) is -1.35. The summed E-state index contributed by atoms with van der Waals surface area (Å²) in [7, 11) is 0. The maximum Gasteiger partial charge on any atom is 0.190 e. The molecule has 3 aliphatic rings. The lowest BCUT2D eigenvalue weighted by molar-refractivity contribution is -0.451. The molecule has 18 heavy (non-hydrogen) atoms. The second-order valence-electron chi connectivity index (χ2n) is 6.56. The number of hydrogen-bond donors (Lipinski definition) is 1. The highest BCUT2D eigenvalue weighted by Gasteiger charge is 2.67. The van der Waals surface area contributed by atoms with Gasteiger partial charge in [0.25, 0.3) is 0 Å². The minimum Gasteiger partial charge on any atom is -0.390 e. The molecule has 1 saturated heterocycles. The number of carbonyl (C=O) groups is 1. The van der Waals surface area contributed by atoms with Gasteiger partial charge in [-0.05, 0) is 37.7 Å². The van der Waals surface area contributed by atoms with Crippen molar-refractivity contribution in [3.63, 3.8) is 0 Å². The first-order valence-corrected chi connectivity index (χ1v) is 6.59. The SMILES string of the molecule is CC1(C)C=CC(=O)[C@@]2(C)OO[C@@H]3C[C@]12CCC3O. The molecule has 1 heterocycles. The molecule has 0 aromatic heterocycles. The Kier molecular flexibility index (Phi) is 2.35. The van der Waals surface area contributed by atoms with Gasteiger partial charge in [0.1, 0.15) is 6.10 Å². The van der Waals surface area contributed by atoms with E-state index >= 15 is 0 Å². The van der Waals surface area contributed by atoms with Crippen molar-refractivity contribution in [1.29, 1.82) is 0 Å². The van der Waals surface area contributed by atoms with Crippen molar-refractivity contribution in [2.24, 2.45) is 10.8 Å². The quantitative estimate of drug-likeness (QED) is 0.668. The number of aliphatic hydroxyl groups is 1. The summed E-state index contributed by atoms with van der Waals surface area (Å²) < 4.78 is 0. The van der Waals surface area contributed by atoms with Crippen molar-refractivity contribution < 1.29 is 19.7 Å². The van der Waals surface area contributed by atoms with E-state index in [0.29, 0.717) is 12.8 Å². The second-order valence-corrected chi connectivity index (χ2v) is 6.56. The second kappa shape index (κ2) is 3.44. The van der Waals surface area contributed by atoms with Crippen molar-refractivity contribution in [1.82, 2.24) is 0 Å². The van der Waals surface area contributed by atoms with Gasteiger partial charge >= 0.3 is 0 Å². The minimum atomic E-state index is -0.929. The fourth-order valence-corrected chi connectivity index (χ4v) is 4.01. The van der Waals surface area contributed by atoms with Gasteiger partial charge < -0.3 is 5.11 Å². The Morgan fingerprint density at radius 3 is 2.83 bits per heavy atom. The molecule has 3 rings (SSSR count). The summed E-state index contributed by atoms with van der Waals surface area (Å²) in [6.45, 7) is 6.10. The van der Waals surface area contributed by atoms with Crippen LogP contribution in [-0.4, -0.2) is 28.7 Å². The van der Waals surface area contributed by atoms with Crippen molar-refractivity contribution >= 4 is 5.78 Å². The van der Waals surface area contributed by atoms with Crippen LogP contribution in [0, 0.1) is 10.8 Å². The average Bonchev–Trinajstić information content (AvgIpc) is 2.33. The molecule has 4 heteroatoms. The number of fused-ring (bicyclic) bond motifs is 1. The summed E-state index contributed by atoms with van der Waals surface area (Å²) in [5, 5.41) is 9.92. The topological polar surface area (TPSA) is 55.8 Å². The first-order valence-electron chi connectivity index (χ1n) is 6.59. The molecule has 1 spiro atoms. The third-order valence-corrected chi connectivity index (χ3v) is 5.45. The molecule has 0 aromatic carbocycles. The highest BCUT2D eigenvalue weighted by Crippen LogP contribution is 2.62. The van der Waals surface area contributed by atoms with Crippen molar-refractivity contribution in [3.8, 4) is 0 Å². The monoisotopic (exact) mass is 252 g/mol. The Hall–Kier alpha value is -0.710. The van der Waals surface area contributed by atoms with Gasteiger partial charge in [0.2, 0.25) is 0 Å². The van der Waals surface area contributed by atoms with E-state index in [1.807, 2.05) is 13.0 Å².